The summed E-state index contributed by atoms with van der Waals surface area (Å²) < 4.78 is 0. The van der Waals surface area contributed by atoms with E-state index in [-0.39, 0.29) is 17.7 Å². The highest BCUT2D eigenvalue weighted by atomic mass is 16.2. The Morgan fingerprint density at radius 3 is 2.56 bits per heavy atom. The molecule has 2 amide bonds. The second-order valence-electron chi connectivity index (χ2n) is 8.30. The van der Waals surface area contributed by atoms with Gasteiger partial charge in [-0.05, 0) is 64.1 Å². The molecule has 1 atom stereocenters. The maximum Gasteiger partial charge on any atom is 0.272 e. The van der Waals surface area contributed by atoms with Gasteiger partial charge >= 0.3 is 0 Å². The molecule has 0 radical (unpaired) electrons. The molecule has 0 unspecified atom stereocenters. The van der Waals surface area contributed by atoms with Crippen LogP contribution >= 0.6 is 0 Å². The van der Waals surface area contributed by atoms with Crippen molar-refractivity contribution in [3.63, 3.8) is 0 Å². The lowest BCUT2D eigenvalue weighted by molar-refractivity contribution is -0.127. The molecule has 4 rings (SSSR count). The quantitative estimate of drug-likeness (QED) is 0.880. The number of nitrogens with one attached hydrogen (secondary N) is 1. The molecule has 3 heterocycles. The number of carbonyl (C=O) groups excluding carboxylic acids is 2. The van der Waals surface area contributed by atoms with Crippen LogP contribution < -0.4 is 5.32 Å². The van der Waals surface area contributed by atoms with E-state index in [0.717, 1.165) is 70.4 Å². The molecule has 2 saturated heterocycles. The minimum absolute atomic E-state index is 0.0393. The number of amides is 2. The number of aromatic nitrogens is 1. The summed E-state index contributed by atoms with van der Waals surface area (Å²) in [6, 6.07) is 6.53. The van der Waals surface area contributed by atoms with Crippen molar-refractivity contribution in [2.75, 3.05) is 26.2 Å². The number of likely N-dealkylation sites (tertiary alicyclic amines) is 2. The lowest BCUT2D eigenvalue weighted by Gasteiger charge is -2.42. The number of nitrogens with zero attached hydrogens (tertiary/aromatic N) is 3. The van der Waals surface area contributed by atoms with Crippen molar-refractivity contribution < 1.29 is 9.59 Å². The van der Waals surface area contributed by atoms with Gasteiger partial charge < -0.3 is 10.2 Å². The fourth-order valence-corrected chi connectivity index (χ4v) is 4.36. The predicted molar refractivity (Wildman–Crippen MR) is 103 cm³/mol. The third kappa shape index (κ3) is 4.49. The molecule has 1 aliphatic carbocycles. The first-order chi connectivity index (χ1) is 13.1. The molecule has 2 aliphatic heterocycles. The topological polar surface area (TPSA) is 65.5 Å². The van der Waals surface area contributed by atoms with Crippen molar-refractivity contribution in [2.45, 2.75) is 57.5 Å². The molecule has 0 bridgehead atoms. The Labute approximate surface area is 161 Å². The minimum Gasteiger partial charge on any atom is -0.353 e. The van der Waals surface area contributed by atoms with Gasteiger partial charge in [0.15, 0.2) is 0 Å². The van der Waals surface area contributed by atoms with E-state index in [1.54, 1.807) is 6.07 Å². The van der Waals surface area contributed by atoms with E-state index in [1.807, 2.05) is 24.0 Å². The number of pyridine rings is 1. The zero-order chi connectivity index (χ0) is 18.8. The van der Waals surface area contributed by atoms with Crippen LogP contribution in [0.25, 0.3) is 0 Å². The second kappa shape index (κ2) is 7.97. The molecular formula is C21H30N4O2. The molecule has 1 aromatic heterocycles. The smallest absolute Gasteiger partial charge is 0.272 e. The fourth-order valence-electron chi connectivity index (χ4n) is 4.36. The highest BCUT2D eigenvalue weighted by Gasteiger charge is 2.34. The maximum atomic E-state index is 12.7. The third-order valence-electron chi connectivity index (χ3n) is 6.12. The van der Waals surface area contributed by atoms with Crippen LogP contribution in [0.4, 0.5) is 0 Å². The molecule has 1 aromatic rings. The number of hydrogen-bond acceptors (Lipinski definition) is 4. The molecule has 0 spiro atoms. The van der Waals surface area contributed by atoms with Gasteiger partial charge in [0, 0.05) is 37.4 Å². The van der Waals surface area contributed by atoms with Gasteiger partial charge in [-0.15, -0.1) is 0 Å². The van der Waals surface area contributed by atoms with Gasteiger partial charge in [-0.2, -0.15) is 0 Å². The van der Waals surface area contributed by atoms with Crippen LogP contribution in [-0.4, -0.2) is 64.9 Å². The molecule has 6 nitrogen and oxygen atoms in total. The van der Waals surface area contributed by atoms with E-state index in [2.05, 4.69) is 15.2 Å². The van der Waals surface area contributed by atoms with E-state index >= 15 is 0 Å². The van der Waals surface area contributed by atoms with E-state index in [0.29, 0.717) is 17.8 Å². The largest absolute Gasteiger partial charge is 0.353 e. The van der Waals surface area contributed by atoms with Gasteiger partial charge in [0.1, 0.15) is 5.69 Å². The Morgan fingerprint density at radius 1 is 1.07 bits per heavy atom. The van der Waals surface area contributed by atoms with Crippen LogP contribution in [0.3, 0.4) is 0 Å². The Kier molecular flexibility index (Phi) is 5.43. The van der Waals surface area contributed by atoms with Crippen LogP contribution in [0.15, 0.2) is 18.2 Å². The van der Waals surface area contributed by atoms with Gasteiger partial charge in [0.25, 0.3) is 5.91 Å². The van der Waals surface area contributed by atoms with E-state index in [4.69, 9.17) is 0 Å². The summed E-state index contributed by atoms with van der Waals surface area (Å²) in [6.07, 6.45) is 6.35. The average molecular weight is 370 g/mol. The van der Waals surface area contributed by atoms with Crippen molar-refractivity contribution in [1.29, 1.82) is 0 Å². The van der Waals surface area contributed by atoms with Crippen LogP contribution in [0.1, 0.15) is 54.7 Å². The van der Waals surface area contributed by atoms with E-state index in [1.165, 1.54) is 0 Å². The normalized spacial score (nSPS) is 24.6. The molecule has 1 N–H and O–H groups in total. The lowest BCUT2D eigenvalue weighted by Crippen LogP contribution is -2.51. The summed E-state index contributed by atoms with van der Waals surface area (Å²) in [6.45, 7) is 5.40. The number of aryl methyl sites for hydroxylation is 1. The van der Waals surface area contributed by atoms with Crippen molar-refractivity contribution in [1.82, 2.24) is 20.1 Å². The Bertz CT molecular complexity index is 695. The van der Waals surface area contributed by atoms with Crippen LogP contribution in [-0.2, 0) is 4.79 Å². The van der Waals surface area contributed by atoms with Gasteiger partial charge in [-0.25, -0.2) is 4.98 Å². The van der Waals surface area contributed by atoms with Gasteiger partial charge in [-0.3, -0.25) is 14.5 Å². The lowest BCUT2D eigenvalue weighted by atomic mass is 9.93. The highest BCUT2D eigenvalue weighted by molar-refractivity contribution is 5.92. The molecule has 1 saturated carbocycles. The Hall–Kier alpha value is -1.95. The molecule has 3 aliphatic rings. The van der Waals surface area contributed by atoms with Gasteiger partial charge in [0.2, 0.25) is 5.91 Å². The zero-order valence-corrected chi connectivity index (χ0v) is 16.2. The third-order valence-corrected chi connectivity index (χ3v) is 6.12. The monoisotopic (exact) mass is 370 g/mol. The second-order valence-corrected chi connectivity index (χ2v) is 8.30. The van der Waals surface area contributed by atoms with Crippen LogP contribution in [0.2, 0.25) is 0 Å². The van der Waals surface area contributed by atoms with Crippen LogP contribution in [0.5, 0.6) is 0 Å². The van der Waals surface area contributed by atoms with Crippen molar-refractivity contribution in [2.24, 2.45) is 5.92 Å². The highest BCUT2D eigenvalue weighted by Crippen LogP contribution is 2.26. The van der Waals surface area contributed by atoms with Gasteiger partial charge in [-0.1, -0.05) is 6.07 Å². The zero-order valence-electron chi connectivity index (χ0n) is 16.2. The Morgan fingerprint density at radius 2 is 1.85 bits per heavy atom. The van der Waals surface area contributed by atoms with E-state index < -0.39 is 0 Å². The molecule has 0 aromatic carbocycles. The number of piperidine rings is 2. The molecule has 6 heteroatoms. The summed E-state index contributed by atoms with van der Waals surface area (Å²) in [4.78, 5) is 33.9. The summed E-state index contributed by atoms with van der Waals surface area (Å²) in [7, 11) is 0. The summed E-state index contributed by atoms with van der Waals surface area (Å²) >= 11 is 0. The first kappa shape index (κ1) is 18.4. The first-order valence-electron chi connectivity index (χ1n) is 10.4. The average Bonchev–Trinajstić information content (AvgIpc) is 3.51. The molecule has 146 valence electrons. The SMILES string of the molecule is Cc1cccc(C(=O)N2CCC(N3CCC[C@H](C(=O)NC4CC4)C3)CC2)n1. The van der Waals surface area contributed by atoms with E-state index in [9.17, 15) is 9.59 Å². The number of carbonyl (C=O) groups is 2. The minimum atomic E-state index is 0.0393. The summed E-state index contributed by atoms with van der Waals surface area (Å²) in [5.74, 6) is 0.424. The standard InChI is InChI=1S/C21H30N4O2/c1-15-4-2-6-19(22-15)21(27)24-12-9-18(10-13-24)25-11-3-5-16(14-25)20(26)23-17-7-8-17/h2,4,6,16-18H,3,5,7-14H2,1H3,(H,23,26)/t16-/m0/s1. The molecule has 3 fully saturated rings. The number of rotatable bonds is 4. The Balaban J connectivity index is 1.29. The molecule has 27 heavy (non-hydrogen) atoms. The summed E-state index contributed by atoms with van der Waals surface area (Å²) in [5.41, 5.74) is 1.42. The predicted octanol–water partition coefficient (Wildman–Crippen LogP) is 1.99. The van der Waals surface area contributed by atoms with Crippen molar-refractivity contribution >= 4 is 11.8 Å². The summed E-state index contributed by atoms with van der Waals surface area (Å²) in [5, 5.41) is 3.17. The first-order valence-corrected chi connectivity index (χ1v) is 10.4. The van der Waals surface area contributed by atoms with Crippen LogP contribution in [0, 0.1) is 12.8 Å². The van der Waals surface area contributed by atoms with Gasteiger partial charge in [0.05, 0.1) is 5.92 Å². The maximum absolute atomic E-state index is 12.7. The van der Waals surface area contributed by atoms with Crippen molar-refractivity contribution in [3.05, 3.63) is 29.6 Å². The number of hydrogen-bond donors (Lipinski definition) is 1. The fraction of sp³-hybridized carbons (Fsp3) is 0.667. The van der Waals surface area contributed by atoms with Crippen molar-refractivity contribution in [3.8, 4) is 0 Å². The molecular weight excluding hydrogens is 340 g/mol.